The highest BCUT2D eigenvalue weighted by Crippen LogP contribution is 2.16. The van der Waals surface area contributed by atoms with Crippen LogP contribution in [0.25, 0.3) is 11.4 Å². The minimum Gasteiger partial charge on any atom is -0.459 e. The fourth-order valence-electron chi connectivity index (χ4n) is 1.95. The van der Waals surface area contributed by atoms with Gasteiger partial charge in [-0.05, 0) is 11.3 Å². The Morgan fingerprint density at radius 3 is 2.61 bits per heavy atom. The largest absolute Gasteiger partial charge is 0.459 e. The van der Waals surface area contributed by atoms with E-state index in [0.717, 1.165) is 11.1 Å². The summed E-state index contributed by atoms with van der Waals surface area (Å²) < 4.78 is 5.18. The molecule has 0 spiro atoms. The molecule has 6 nitrogen and oxygen atoms in total. The van der Waals surface area contributed by atoms with Crippen LogP contribution in [0.3, 0.4) is 0 Å². The molecule has 1 aromatic heterocycles. The minimum absolute atomic E-state index is 0.107. The SMILES string of the molecule is O=C(Cn1nnc(-c2ccccc2)n1)OCc1ccccc1Cl. The van der Waals surface area contributed by atoms with E-state index in [0.29, 0.717) is 10.8 Å². The molecule has 0 aliphatic carbocycles. The molecule has 0 atom stereocenters. The van der Waals surface area contributed by atoms with Gasteiger partial charge in [0.05, 0.1) is 0 Å². The van der Waals surface area contributed by atoms with Crippen molar-refractivity contribution in [3.05, 3.63) is 65.2 Å². The number of carbonyl (C=O) groups is 1. The molecule has 1 heterocycles. The molecular weight excluding hydrogens is 316 g/mol. The molecule has 7 heteroatoms. The standard InChI is InChI=1S/C16H13ClN4O2/c17-14-9-5-4-8-13(14)11-23-15(22)10-21-19-16(18-20-21)12-6-2-1-3-7-12/h1-9H,10-11H2. The monoisotopic (exact) mass is 328 g/mol. The summed E-state index contributed by atoms with van der Waals surface area (Å²) in [6, 6.07) is 16.6. The summed E-state index contributed by atoms with van der Waals surface area (Å²) in [5, 5.41) is 12.5. The summed E-state index contributed by atoms with van der Waals surface area (Å²) in [4.78, 5) is 13.1. The zero-order valence-corrected chi connectivity index (χ0v) is 12.8. The average Bonchev–Trinajstić information content (AvgIpc) is 3.03. The van der Waals surface area contributed by atoms with E-state index in [9.17, 15) is 4.79 Å². The minimum atomic E-state index is -0.457. The van der Waals surface area contributed by atoms with Crippen LogP contribution in [0.4, 0.5) is 0 Å². The van der Waals surface area contributed by atoms with Crippen molar-refractivity contribution in [1.82, 2.24) is 20.2 Å². The average molecular weight is 329 g/mol. The molecule has 0 saturated heterocycles. The number of ether oxygens (including phenoxy) is 1. The highest BCUT2D eigenvalue weighted by Gasteiger charge is 2.10. The Hall–Kier alpha value is -2.73. The third-order valence-electron chi connectivity index (χ3n) is 3.10. The zero-order valence-electron chi connectivity index (χ0n) is 12.1. The first kappa shape index (κ1) is 15.2. The molecule has 23 heavy (non-hydrogen) atoms. The molecule has 0 saturated carbocycles. The lowest BCUT2D eigenvalue weighted by Gasteiger charge is -2.05. The molecule has 0 N–H and O–H groups in total. The summed E-state index contributed by atoms with van der Waals surface area (Å²) in [5.74, 6) is 0.00596. The summed E-state index contributed by atoms with van der Waals surface area (Å²) >= 11 is 6.01. The number of aromatic nitrogens is 4. The van der Waals surface area contributed by atoms with Gasteiger partial charge in [0.25, 0.3) is 0 Å². The van der Waals surface area contributed by atoms with Crippen molar-refractivity contribution >= 4 is 17.6 Å². The highest BCUT2D eigenvalue weighted by atomic mass is 35.5. The van der Waals surface area contributed by atoms with E-state index in [1.54, 1.807) is 12.1 Å². The van der Waals surface area contributed by atoms with Crippen molar-refractivity contribution in [1.29, 1.82) is 0 Å². The number of hydrogen-bond acceptors (Lipinski definition) is 5. The Bertz CT molecular complexity index is 805. The van der Waals surface area contributed by atoms with Gasteiger partial charge in [-0.1, -0.05) is 60.1 Å². The van der Waals surface area contributed by atoms with Crippen LogP contribution >= 0.6 is 11.6 Å². The number of benzene rings is 2. The molecule has 3 aromatic rings. The first-order chi connectivity index (χ1) is 11.2. The van der Waals surface area contributed by atoms with Crippen LogP contribution < -0.4 is 0 Å². The van der Waals surface area contributed by atoms with Crippen molar-refractivity contribution in [2.75, 3.05) is 0 Å². The third kappa shape index (κ3) is 3.92. The summed E-state index contributed by atoms with van der Waals surface area (Å²) in [6.07, 6.45) is 0. The van der Waals surface area contributed by atoms with Crippen molar-refractivity contribution in [2.24, 2.45) is 0 Å². The highest BCUT2D eigenvalue weighted by molar-refractivity contribution is 6.31. The summed E-state index contributed by atoms with van der Waals surface area (Å²) in [6.45, 7) is 0.00301. The summed E-state index contributed by atoms with van der Waals surface area (Å²) in [5.41, 5.74) is 1.59. The molecular formula is C16H13ClN4O2. The topological polar surface area (TPSA) is 69.9 Å². The van der Waals surface area contributed by atoms with Gasteiger partial charge in [-0.2, -0.15) is 4.80 Å². The molecule has 2 aromatic carbocycles. The van der Waals surface area contributed by atoms with Crippen LogP contribution in [0.15, 0.2) is 54.6 Å². The van der Waals surface area contributed by atoms with E-state index in [-0.39, 0.29) is 13.2 Å². The zero-order chi connectivity index (χ0) is 16.1. The molecule has 0 bridgehead atoms. The Labute approximate surface area is 137 Å². The van der Waals surface area contributed by atoms with Gasteiger partial charge in [-0.15, -0.1) is 10.2 Å². The molecule has 0 fully saturated rings. The van der Waals surface area contributed by atoms with E-state index >= 15 is 0 Å². The molecule has 0 amide bonds. The number of esters is 1. The van der Waals surface area contributed by atoms with Gasteiger partial charge in [-0.3, -0.25) is 0 Å². The Morgan fingerprint density at radius 2 is 1.83 bits per heavy atom. The maximum Gasteiger partial charge on any atom is 0.330 e. The second-order valence-electron chi connectivity index (χ2n) is 4.76. The first-order valence-corrected chi connectivity index (χ1v) is 7.32. The molecule has 0 aliphatic rings. The quantitative estimate of drug-likeness (QED) is 0.673. The smallest absolute Gasteiger partial charge is 0.330 e. The lowest BCUT2D eigenvalue weighted by atomic mass is 10.2. The Balaban J connectivity index is 1.58. The molecule has 0 aliphatic heterocycles. The molecule has 3 rings (SSSR count). The lowest BCUT2D eigenvalue weighted by molar-refractivity contribution is -0.146. The molecule has 116 valence electrons. The van der Waals surface area contributed by atoms with Crippen molar-refractivity contribution in [3.8, 4) is 11.4 Å². The van der Waals surface area contributed by atoms with Crippen molar-refractivity contribution in [3.63, 3.8) is 0 Å². The fraction of sp³-hybridized carbons (Fsp3) is 0.125. The number of hydrogen-bond donors (Lipinski definition) is 0. The van der Waals surface area contributed by atoms with Crippen LogP contribution in [0, 0.1) is 0 Å². The van der Waals surface area contributed by atoms with E-state index in [4.69, 9.17) is 16.3 Å². The van der Waals surface area contributed by atoms with Gasteiger partial charge in [-0.25, -0.2) is 4.79 Å². The second-order valence-corrected chi connectivity index (χ2v) is 5.17. The maximum absolute atomic E-state index is 11.8. The van der Waals surface area contributed by atoms with Crippen molar-refractivity contribution < 1.29 is 9.53 Å². The van der Waals surface area contributed by atoms with Crippen LogP contribution in [-0.2, 0) is 22.7 Å². The van der Waals surface area contributed by atoms with Gasteiger partial charge in [0, 0.05) is 16.1 Å². The predicted octanol–water partition coefficient (Wildman–Crippen LogP) is 2.74. The van der Waals surface area contributed by atoms with Crippen LogP contribution in [0.2, 0.25) is 5.02 Å². The van der Waals surface area contributed by atoms with E-state index in [1.165, 1.54) is 4.80 Å². The Kier molecular flexibility index (Phi) is 4.63. The normalized spacial score (nSPS) is 10.5. The molecule has 0 radical (unpaired) electrons. The van der Waals surface area contributed by atoms with Crippen LogP contribution in [0.1, 0.15) is 5.56 Å². The third-order valence-corrected chi connectivity index (χ3v) is 3.47. The van der Waals surface area contributed by atoms with Crippen LogP contribution in [0.5, 0.6) is 0 Å². The van der Waals surface area contributed by atoms with E-state index < -0.39 is 5.97 Å². The van der Waals surface area contributed by atoms with Gasteiger partial charge < -0.3 is 4.74 Å². The molecule has 0 unspecified atom stereocenters. The number of tetrazole rings is 1. The van der Waals surface area contributed by atoms with Gasteiger partial charge in [0.1, 0.15) is 6.61 Å². The van der Waals surface area contributed by atoms with Gasteiger partial charge >= 0.3 is 5.97 Å². The first-order valence-electron chi connectivity index (χ1n) is 6.94. The Morgan fingerprint density at radius 1 is 1.09 bits per heavy atom. The van der Waals surface area contributed by atoms with Gasteiger partial charge in [0.2, 0.25) is 5.82 Å². The summed E-state index contributed by atoms with van der Waals surface area (Å²) in [7, 11) is 0. The fourth-order valence-corrected chi connectivity index (χ4v) is 2.14. The van der Waals surface area contributed by atoms with Gasteiger partial charge in [0.15, 0.2) is 6.54 Å². The van der Waals surface area contributed by atoms with Crippen molar-refractivity contribution in [2.45, 2.75) is 13.2 Å². The number of halogens is 1. The number of rotatable bonds is 5. The van der Waals surface area contributed by atoms with Crippen LogP contribution in [-0.4, -0.2) is 26.2 Å². The number of nitrogens with zero attached hydrogens (tertiary/aromatic N) is 4. The lowest BCUT2D eigenvalue weighted by Crippen LogP contribution is -2.15. The maximum atomic E-state index is 11.8. The predicted molar refractivity (Wildman–Crippen MR) is 84.5 cm³/mol. The van der Waals surface area contributed by atoms with E-state index in [1.807, 2.05) is 42.5 Å². The van der Waals surface area contributed by atoms with E-state index in [2.05, 4.69) is 15.4 Å². The number of carbonyl (C=O) groups excluding carboxylic acids is 1. The second kappa shape index (κ2) is 7.02.